The summed E-state index contributed by atoms with van der Waals surface area (Å²) in [7, 11) is 1.42. The number of methoxy groups -OCH3 is 1. The number of carbonyl (C=O) groups is 1. The Morgan fingerprint density at radius 1 is 1.54 bits per heavy atom. The van der Waals surface area contributed by atoms with Crippen LogP contribution in [-0.2, 0) is 9.53 Å². The molecule has 2 heteroatoms. The minimum absolute atomic E-state index is 0.182. The van der Waals surface area contributed by atoms with Crippen molar-refractivity contribution in [1.82, 2.24) is 0 Å². The lowest BCUT2D eigenvalue weighted by molar-refractivity contribution is -0.149. The maximum Gasteiger partial charge on any atom is 0.315 e. The van der Waals surface area contributed by atoms with Crippen molar-refractivity contribution in [3.8, 4) is 0 Å². The van der Waals surface area contributed by atoms with Gasteiger partial charge in [-0.25, -0.2) is 0 Å². The van der Waals surface area contributed by atoms with Crippen LogP contribution in [0.3, 0.4) is 0 Å². The highest BCUT2D eigenvalue weighted by Crippen LogP contribution is 2.27. The second-order valence-corrected chi connectivity index (χ2v) is 3.57. The maximum atomic E-state index is 11.4. The molecule has 0 saturated heterocycles. The van der Waals surface area contributed by atoms with Gasteiger partial charge in [-0.05, 0) is 13.3 Å². The van der Waals surface area contributed by atoms with Crippen LogP contribution in [0.25, 0.3) is 0 Å². The Bertz CT molecular complexity index is 175. The van der Waals surface area contributed by atoms with Gasteiger partial charge in [0, 0.05) is 0 Å². The second-order valence-electron chi connectivity index (χ2n) is 3.57. The predicted molar refractivity (Wildman–Crippen MR) is 54.5 cm³/mol. The summed E-state index contributed by atoms with van der Waals surface area (Å²) in [5.41, 5.74) is -0.496. The molecule has 0 aromatic heterocycles. The van der Waals surface area contributed by atoms with E-state index in [2.05, 4.69) is 13.5 Å². The van der Waals surface area contributed by atoms with E-state index in [0.29, 0.717) is 0 Å². The van der Waals surface area contributed by atoms with Crippen LogP contribution in [0.2, 0.25) is 0 Å². The van der Waals surface area contributed by atoms with Crippen molar-refractivity contribution < 1.29 is 9.53 Å². The topological polar surface area (TPSA) is 26.3 Å². The molecule has 1 atom stereocenters. The average Bonchev–Trinajstić information content (AvgIpc) is 2.16. The van der Waals surface area contributed by atoms with Gasteiger partial charge in [-0.3, -0.25) is 4.79 Å². The second kappa shape index (κ2) is 5.79. The van der Waals surface area contributed by atoms with Crippen LogP contribution in [-0.4, -0.2) is 13.1 Å². The fraction of sp³-hybridized carbons (Fsp3) is 0.727. The molecule has 0 radical (unpaired) electrons. The van der Waals surface area contributed by atoms with Crippen LogP contribution >= 0.6 is 0 Å². The molecule has 0 fully saturated rings. The van der Waals surface area contributed by atoms with E-state index in [0.717, 1.165) is 25.7 Å². The Morgan fingerprint density at radius 2 is 2.15 bits per heavy atom. The van der Waals surface area contributed by atoms with E-state index < -0.39 is 5.41 Å². The van der Waals surface area contributed by atoms with Gasteiger partial charge in [0.15, 0.2) is 0 Å². The first-order chi connectivity index (χ1) is 6.10. The molecule has 0 N–H and O–H groups in total. The molecule has 0 bridgehead atoms. The van der Waals surface area contributed by atoms with Gasteiger partial charge in [0.25, 0.3) is 0 Å². The Balaban J connectivity index is 4.11. The first-order valence-corrected chi connectivity index (χ1v) is 4.82. The number of hydrogen-bond donors (Lipinski definition) is 0. The van der Waals surface area contributed by atoms with Gasteiger partial charge in [0.1, 0.15) is 0 Å². The quantitative estimate of drug-likeness (QED) is 0.360. The summed E-state index contributed by atoms with van der Waals surface area (Å²) < 4.78 is 4.73. The van der Waals surface area contributed by atoms with Crippen molar-refractivity contribution in [2.24, 2.45) is 5.41 Å². The third kappa shape index (κ3) is 3.62. The number of ether oxygens (including phenoxy) is 1. The zero-order valence-corrected chi connectivity index (χ0v) is 8.93. The van der Waals surface area contributed by atoms with E-state index in [1.54, 1.807) is 6.08 Å². The predicted octanol–water partition coefficient (Wildman–Crippen LogP) is 2.93. The lowest BCUT2D eigenvalue weighted by Crippen LogP contribution is -2.26. The first kappa shape index (κ1) is 12.2. The minimum Gasteiger partial charge on any atom is -0.468 e. The van der Waals surface area contributed by atoms with E-state index in [1.165, 1.54) is 7.11 Å². The van der Waals surface area contributed by atoms with Gasteiger partial charge in [0.2, 0.25) is 0 Å². The molecular formula is C11H20O2. The van der Waals surface area contributed by atoms with Crippen molar-refractivity contribution >= 4 is 5.97 Å². The van der Waals surface area contributed by atoms with Crippen LogP contribution in [0, 0.1) is 5.41 Å². The third-order valence-corrected chi connectivity index (χ3v) is 2.40. The summed E-state index contributed by atoms with van der Waals surface area (Å²) in [5, 5.41) is 0. The van der Waals surface area contributed by atoms with E-state index in [4.69, 9.17) is 4.74 Å². The van der Waals surface area contributed by atoms with Crippen LogP contribution < -0.4 is 0 Å². The molecule has 13 heavy (non-hydrogen) atoms. The van der Waals surface area contributed by atoms with E-state index in [9.17, 15) is 4.79 Å². The monoisotopic (exact) mass is 184 g/mol. The Kier molecular flexibility index (Phi) is 5.44. The Labute approximate surface area is 81.0 Å². The molecule has 0 aromatic rings. The molecule has 0 amide bonds. The van der Waals surface area contributed by atoms with Crippen molar-refractivity contribution in [3.05, 3.63) is 12.7 Å². The zero-order chi connectivity index (χ0) is 10.3. The zero-order valence-electron chi connectivity index (χ0n) is 8.93. The molecule has 0 aliphatic heterocycles. The smallest absolute Gasteiger partial charge is 0.315 e. The fourth-order valence-electron chi connectivity index (χ4n) is 1.26. The molecule has 0 rings (SSSR count). The summed E-state index contributed by atoms with van der Waals surface area (Å²) in [5.74, 6) is -0.182. The molecule has 2 nitrogen and oxygen atoms in total. The molecule has 76 valence electrons. The van der Waals surface area contributed by atoms with E-state index in [1.807, 2.05) is 6.92 Å². The fourth-order valence-corrected chi connectivity index (χ4v) is 1.26. The average molecular weight is 184 g/mol. The van der Waals surface area contributed by atoms with Crippen molar-refractivity contribution in [1.29, 1.82) is 0 Å². The van der Waals surface area contributed by atoms with Gasteiger partial charge in [-0.15, -0.1) is 6.58 Å². The normalized spacial score (nSPS) is 14.7. The van der Waals surface area contributed by atoms with Crippen LogP contribution in [0.4, 0.5) is 0 Å². The highest BCUT2D eigenvalue weighted by molar-refractivity contribution is 5.78. The van der Waals surface area contributed by atoms with Crippen LogP contribution in [0.1, 0.15) is 39.5 Å². The number of esters is 1. The largest absolute Gasteiger partial charge is 0.468 e. The van der Waals surface area contributed by atoms with E-state index in [-0.39, 0.29) is 5.97 Å². The van der Waals surface area contributed by atoms with Gasteiger partial charge in [-0.1, -0.05) is 32.3 Å². The Hall–Kier alpha value is -0.790. The number of rotatable bonds is 6. The number of hydrogen-bond acceptors (Lipinski definition) is 2. The van der Waals surface area contributed by atoms with Gasteiger partial charge in [0.05, 0.1) is 12.5 Å². The SMILES string of the molecule is C=CC(C)(CCCCC)C(=O)OC. The van der Waals surface area contributed by atoms with Crippen molar-refractivity contribution in [2.45, 2.75) is 39.5 Å². The summed E-state index contributed by atoms with van der Waals surface area (Å²) >= 11 is 0. The molecule has 0 aromatic carbocycles. The highest BCUT2D eigenvalue weighted by atomic mass is 16.5. The summed E-state index contributed by atoms with van der Waals surface area (Å²) in [6, 6.07) is 0. The maximum absolute atomic E-state index is 11.4. The first-order valence-electron chi connectivity index (χ1n) is 4.82. The van der Waals surface area contributed by atoms with Crippen LogP contribution in [0.15, 0.2) is 12.7 Å². The molecule has 0 spiro atoms. The number of carbonyl (C=O) groups excluding carboxylic acids is 1. The van der Waals surface area contributed by atoms with Gasteiger partial charge in [-0.2, -0.15) is 0 Å². The lowest BCUT2D eigenvalue weighted by Gasteiger charge is -2.22. The summed E-state index contributed by atoms with van der Waals surface area (Å²) in [6.07, 6.45) is 5.88. The lowest BCUT2D eigenvalue weighted by atomic mass is 9.85. The van der Waals surface area contributed by atoms with Crippen molar-refractivity contribution in [2.75, 3.05) is 7.11 Å². The third-order valence-electron chi connectivity index (χ3n) is 2.40. The molecule has 0 aliphatic rings. The highest BCUT2D eigenvalue weighted by Gasteiger charge is 2.29. The molecule has 0 saturated carbocycles. The molecular weight excluding hydrogens is 164 g/mol. The molecule has 0 heterocycles. The summed E-state index contributed by atoms with van der Waals surface area (Å²) in [6.45, 7) is 7.70. The molecule has 0 aliphatic carbocycles. The van der Waals surface area contributed by atoms with Gasteiger partial charge < -0.3 is 4.74 Å². The number of unbranched alkanes of at least 4 members (excludes halogenated alkanes) is 2. The van der Waals surface area contributed by atoms with E-state index >= 15 is 0 Å². The minimum atomic E-state index is -0.496. The van der Waals surface area contributed by atoms with Gasteiger partial charge >= 0.3 is 5.97 Å². The summed E-state index contributed by atoms with van der Waals surface area (Å²) in [4.78, 5) is 11.4. The Morgan fingerprint density at radius 3 is 2.54 bits per heavy atom. The van der Waals surface area contributed by atoms with Crippen molar-refractivity contribution in [3.63, 3.8) is 0 Å². The molecule has 1 unspecified atom stereocenters. The standard InChI is InChI=1S/C11H20O2/c1-5-7-8-9-11(3,6-2)10(12)13-4/h6H,2,5,7-9H2,1,3-4H3. The van der Waals surface area contributed by atoms with Crippen LogP contribution in [0.5, 0.6) is 0 Å².